The highest BCUT2D eigenvalue weighted by molar-refractivity contribution is 7.85. The molecule has 2 aromatic rings. The molecular weight excluding hydrogens is 331 g/mol. The Kier molecular flexibility index (Phi) is 5.27. The molecule has 0 aliphatic carbocycles. The number of rotatable bonds is 5. The Morgan fingerprint density at radius 3 is 2.05 bits per heavy atom. The maximum Gasteiger partial charge on any atom is 0.264 e. The quantitative estimate of drug-likeness (QED) is 0.764. The first-order valence-electron chi connectivity index (χ1n) is 6.23. The van der Waals surface area contributed by atoms with Gasteiger partial charge in [-0.25, -0.2) is 0 Å². The summed E-state index contributed by atoms with van der Waals surface area (Å²) < 4.78 is 26.5. The molecule has 0 aliphatic heterocycles. The Hall–Kier alpha value is -1.07. The summed E-state index contributed by atoms with van der Waals surface area (Å²) in [6.45, 7) is 0.140. The summed E-state index contributed by atoms with van der Waals surface area (Å²) in [6, 6.07) is 13.1. The van der Waals surface area contributed by atoms with Crippen molar-refractivity contribution >= 4 is 33.3 Å². The molecule has 2 rings (SSSR count). The molecule has 0 bridgehead atoms. The van der Waals surface area contributed by atoms with Gasteiger partial charge in [-0.3, -0.25) is 4.18 Å². The molecule has 0 atom stereocenters. The highest BCUT2D eigenvalue weighted by atomic mass is 35.5. The van der Waals surface area contributed by atoms with Crippen LogP contribution in [0.4, 0.5) is 0 Å². The van der Waals surface area contributed by atoms with Crippen molar-refractivity contribution in [1.29, 1.82) is 0 Å². The summed E-state index contributed by atoms with van der Waals surface area (Å²) in [5.41, 5.74) is 2.93. The summed E-state index contributed by atoms with van der Waals surface area (Å²) >= 11 is 12.0. The van der Waals surface area contributed by atoms with Crippen LogP contribution in [-0.4, -0.2) is 21.3 Å². The fourth-order valence-electron chi connectivity index (χ4n) is 1.90. The Bertz CT molecular complexity index is 705. The molecule has 3 nitrogen and oxygen atoms in total. The molecule has 0 heterocycles. The van der Waals surface area contributed by atoms with E-state index in [2.05, 4.69) is 0 Å². The Morgan fingerprint density at radius 2 is 1.52 bits per heavy atom. The van der Waals surface area contributed by atoms with Crippen LogP contribution in [-0.2, 0) is 20.7 Å². The number of hydrogen-bond donors (Lipinski definition) is 0. The summed E-state index contributed by atoms with van der Waals surface area (Å²) in [5.74, 6) is 0. The summed E-state index contributed by atoms with van der Waals surface area (Å²) in [5, 5.41) is 1.17. The first kappa shape index (κ1) is 16.3. The van der Waals surface area contributed by atoms with E-state index in [0.717, 1.165) is 22.9 Å². The van der Waals surface area contributed by atoms with Crippen LogP contribution in [0.1, 0.15) is 5.56 Å². The van der Waals surface area contributed by atoms with Gasteiger partial charge >= 0.3 is 0 Å². The zero-order valence-electron chi connectivity index (χ0n) is 11.3. The van der Waals surface area contributed by atoms with Crippen LogP contribution >= 0.6 is 23.2 Å². The molecule has 0 saturated heterocycles. The van der Waals surface area contributed by atoms with E-state index < -0.39 is 10.1 Å². The van der Waals surface area contributed by atoms with E-state index in [0.29, 0.717) is 16.5 Å². The molecule has 21 heavy (non-hydrogen) atoms. The molecule has 0 aliphatic rings. The van der Waals surface area contributed by atoms with Crippen molar-refractivity contribution < 1.29 is 12.6 Å². The predicted octanol–water partition coefficient (Wildman–Crippen LogP) is 4.18. The topological polar surface area (TPSA) is 43.4 Å². The van der Waals surface area contributed by atoms with Crippen molar-refractivity contribution in [2.45, 2.75) is 6.42 Å². The lowest BCUT2D eigenvalue weighted by atomic mass is 10.0. The van der Waals surface area contributed by atoms with Crippen molar-refractivity contribution in [1.82, 2.24) is 0 Å². The average Bonchev–Trinajstić information content (AvgIpc) is 2.37. The van der Waals surface area contributed by atoms with Crippen LogP contribution in [0.2, 0.25) is 10.0 Å². The zero-order chi connectivity index (χ0) is 15.5. The van der Waals surface area contributed by atoms with Gasteiger partial charge in [0, 0.05) is 10.0 Å². The monoisotopic (exact) mass is 344 g/mol. The van der Waals surface area contributed by atoms with Gasteiger partial charge in [-0.05, 0) is 41.3 Å². The third kappa shape index (κ3) is 5.32. The maximum atomic E-state index is 10.9. The van der Waals surface area contributed by atoms with Gasteiger partial charge < -0.3 is 0 Å². The Labute approximate surface area is 134 Å². The van der Waals surface area contributed by atoms with E-state index in [1.54, 1.807) is 6.07 Å². The largest absolute Gasteiger partial charge is 0.270 e. The minimum atomic E-state index is -3.38. The average molecular weight is 345 g/mol. The molecule has 0 spiro atoms. The molecule has 112 valence electrons. The number of benzene rings is 2. The number of hydrogen-bond acceptors (Lipinski definition) is 3. The van der Waals surface area contributed by atoms with Crippen molar-refractivity contribution in [2.24, 2.45) is 0 Å². The van der Waals surface area contributed by atoms with Gasteiger partial charge in [-0.2, -0.15) is 8.42 Å². The third-order valence-electron chi connectivity index (χ3n) is 2.84. The van der Waals surface area contributed by atoms with Gasteiger partial charge in [0.2, 0.25) is 0 Å². The molecule has 0 radical (unpaired) electrons. The summed E-state index contributed by atoms with van der Waals surface area (Å²) in [6.07, 6.45) is 1.57. The molecule has 0 saturated carbocycles. The highest BCUT2D eigenvalue weighted by Crippen LogP contribution is 2.27. The van der Waals surface area contributed by atoms with Gasteiger partial charge in [0.05, 0.1) is 12.9 Å². The molecule has 0 amide bonds. The predicted molar refractivity (Wildman–Crippen MR) is 86.4 cm³/mol. The maximum absolute atomic E-state index is 10.9. The first-order valence-corrected chi connectivity index (χ1v) is 8.80. The SMILES string of the molecule is CS(=O)(=O)OCCc1ccc(-c2cc(Cl)cc(Cl)c2)cc1. The van der Waals surface area contributed by atoms with Crippen LogP contribution in [0.5, 0.6) is 0 Å². The first-order chi connectivity index (χ1) is 9.83. The second-order valence-electron chi connectivity index (χ2n) is 4.63. The van der Waals surface area contributed by atoms with Gasteiger partial charge in [-0.1, -0.05) is 47.5 Å². The van der Waals surface area contributed by atoms with Crippen molar-refractivity contribution in [3.63, 3.8) is 0 Å². The van der Waals surface area contributed by atoms with Crippen LogP contribution in [0, 0.1) is 0 Å². The second-order valence-corrected chi connectivity index (χ2v) is 7.15. The van der Waals surface area contributed by atoms with Gasteiger partial charge in [-0.15, -0.1) is 0 Å². The lowest BCUT2D eigenvalue weighted by Gasteiger charge is -2.06. The van der Waals surface area contributed by atoms with Crippen LogP contribution in [0.25, 0.3) is 11.1 Å². The fourth-order valence-corrected chi connectivity index (χ4v) is 2.81. The van der Waals surface area contributed by atoms with E-state index in [-0.39, 0.29) is 6.61 Å². The van der Waals surface area contributed by atoms with Gasteiger partial charge in [0.25, 0.3) is 10.1 Å². The molecule has 6 heteroatoms. The van der Waals surface area contributed by atoms with E-state index in [4.69, 9.17) is 27.4 Å². The number of halogens is 2. The lowest BCUT2D eigenvalue weighted by Crippen LogP contribution is -2.06. The minimum Gasteiger partial charge on any atom is -0.270 e. The normalized spacial score (nSPS) is 11.6. The molecule has 2 aromatic carbocycles. The fraction of sp³-hybridized carbons (Fsp3) is 0.200. The molecular formula is C15H14Cl2O3S. The Morgan fingerprint density at radius 1 is 0.952 bits per heavy atom. The van der Waals surface area contributed by atoms with E-state index >= 15 is 0 Å². The third-order valence-corrected chi connectivity index (χ3v) is 3.87. The molecule has 0 unspecified atom stereocenters. The lowest BCUT2D eigenvalue weighted by molar-refractivity contribution is 0.326. The zero-order valence-corrected chi connectivity index (χ0v) is 13.7. The molecule has 0 N–H and O–H groups in total. The van der Waals surface area contributed by atoms with Crippen LogP contribution in [0.15, 0.2) is 42.5 Å². The Balaban J connectivity index is 2.08. The minimum absolute atomic E-state index is 0.140. The van der Waals surface area contributed by atoms with E-state index in [9.17, 15) is 8.42 Å². The van der Waals surface area contributed by atoms with Crippen LogP contribution in [0.3, 0.4) is 0 Å². The molecule has 0 fully saturated rings. The second kappa shape index (κ2) is 6.79. The van der Waals surface area contributed by atoms with Crippen molar-refractivity contribution in [3.8, 4) is 11.1 Å². The van der Waals surface area contributed by atoms with E-state index in [1.165, 1.54) is 0 Å². The highest BCUT2D eigenvalue weighted by Gasteiger charge is 2.04. The summed E-state index contributed by atoms with van der Waals surface area (Å²) in [4.78, 5) is 0. The smallest absolute Gasteiger partial charge is 0.264 e. The molecule has 0 aromatic heterocycles. The van der Waals surface area contributed by atoms with Crippen LogP contribution < -0.4 is 0 Å². The van der Waals surface area contributed by atoms with E-state index in [1.807, 2.05) is 36.4 Å². The summed E-state index contributed by atoms with van der Waals surface area (Å²) in [7, 11) is -3.38. The van der Waals surface area contributed by atoms with Crippen molar-refractivity contribution in [3.05, 3.63) is 58.1 Å². The van der Waals surface area contributed by atoms with Gasteiger partial charge in [0.1, 0.15) is 0 Å². The van der Waals surface area contributed by atoms with Crippen molar-refractivity contribution in [2.75, 3.05) is 12.9 Å². The standard InChI is InChI=1S/C15H14Cl2O3S/c1-21(18,19)20-7-6-11-2-4-12(5-3-11)13-8-14(16)10-15(17)9-13/h2-5,8-10H,6-7H2,1H3. The van der Waals surface area contributed by atoms with Gasteiger partial charge in [0.15, 0.2) is 0 Å².